The summed E-state index contributed by atoms with van der Waals surface area (Å²) in [5.41, 5.74) is 2.49. The molecule has 3 rings (SSSR count). The Balaban J connectivity index is 1.46. The molecular formula is C22H24N2O3S. The van der Waals surface area contributed by atoms with E-state index >= 15 is 0 Å². The van der Waals surface area contributed by atoms with E-state index in [-0.39, 0.29) is 11.8 Å². The lowest BCUT2D eigenvalue weighted by atomic mass is 10.1. The van der Waals surface area contributed by atoms with Crippen LogP contribution in [0.15, 0.2) is 65.3 Å². The van der Waals surface area contributed by atoms with E-state index in [1.165, 1.54) is 17.3 Å². The number of carbonyl (C=O) groups is 2. The molecule has 6 heteroatoms. The summed E-state index contributed by atoms with van der Waals surface area (Å²) in [6, 6.07) is 17.1. The molecule has 0 saturated carbocycles. The first-order valence-corrected chi connectivity index (χ1v) is 10.3. The second kappa shape index (κ2) is 9.99. The van der Waals surface area contributed by atoms with Crippen molar-refractivity contribution in [2.75, 3.05) is 24.2 Å². The Morgan fingerprint density at radius 1 is 1.04 bits per heavy atom. The van der Waals surface area contributed by atoms with Gasteiger partial charge in [0.05, 0.1) is 6.61 Å². The molecule has 1 aliphatic heterocycles. The van der Waals surface area contributed by atoms with E-state index in [1.54, 1.807) is 31.2 Å². The van der Waals surface area contributed by atoms with Gasteiger partial charge in [0, 0.05) is 23.5 Å². The predicted molar refractivity (Wildman–Crippen MR) is 113 cm³/mol. The van der Waals surface area contributed by atoms with Crippen molar-refractivity contribution >= 4 is 29.3 Å². The first kappa shape index (κ1) is 20.0. The molecular weight excluding hydrogens is 372 g/mol. The van der Waals surface area contributed by atoms with Crippen molar-refractivity contribution in [1.29, 1.82) is 0 Å². The summed E-state index contributed by atoms with van der Waals surface area (Å²) in [6.07, 6.45) is 1.82. The third kappa shape index (κ3) is 5.63. The highest BCUT2D eigenvalue weighted by Crippen LogP contribution is 2.26. The molecule has 2 N–H and O–H groups in total. The summed E-state index contributed by atoms with van der Waals surface area (Å²) < 4.78 is 5.42. The van der Waals surface area contributed by atoms with Crippen molar-refractivity contribution in [2.45, 2.75) is 19.8 Å². The Hall–Kier alpha value is -2.73. The highest BCUT2D eigenvalue weighted by atomic mass is 32.2. The SMILES string of the molecule is CC1=C(C(=O)Nc2ccc(C(=O)NCCCc3ccccc3)cc2)SCCO1. The minimum atomic E-state index is -0.180. The van der Waals surface area contributed by atoms with Crippen LogP contribution in [0.1, 0.15) is 29.3 Å². The van der Waals surface area contributed by atoms with E-state index in [1.807, 2.05) is 18.2 Å². The van der Waals surface area contributed by atoms with Gasteiger partial charge in [0.2, 0.25) is 0 Å². The zero-order valence-electron chi connectivity index (χ0n) is 15.9. The molecule has 0 aliphatic carbocycles. The summed E-state index contributed by atoms with van der Waals surface area (Å²) in [5.74, 6) is 1.13. The van der Waals surface area contributed by atoms with Crippen molar-refractivity contribution in [1.82, 2.24) is 5.32 Å². The number of anilines is 1. The van der Waals surface area contributed by atoms with Gasteiger partial charge in [-0.25, -0.2) is 0 Å². The molecule has 1 aliphatic rings. The number of amides is 2. The van der Waals surface area contributed by atoms with Gasteiger partial charge in [-0.15, -0.1) is 11.8 Å². The fraction of sp³-hybridized carbons (Fsp3) is 0.273. The molecule has 0 saturated heterocycles. The van der Waals surface area contributed by atoms with Crippen LogP contribution in [0, 0.1) is 0 Å². The lowest BCUT2D eigenvalue weighted by Crippen LogP contribution is -2.24. The number of carbonyl (C=O) groups excluding carboxylic acids is 2. The van der Waals surface area contributed by atoms with Crippen molar-refractivity contribution in [3.05, 3.63) is 76.4 Å². The minimum Gasteiger partial charge on any atom is -0.496 e. The van der Waals surface area contributed by atoms with Gasteiger partial charge in [-0.3, -0.25) is 9.59 Å². The fourth-order valence-corrected chi connectivity index (χ4v) is 3.68. The molecule has 0 fully saturated rings. The molecule has 0 radical (unpaired) electrons. The molecule has 0 aromatic heterocycles. The van der Waals surface area contributed by atoms with E-state index < -0.39 is 0 Å². The van der Waals surface area contributed by atoms with Gasteiger partial charge in [-0.05, 0) is 49.6 Å². The summed E-state index contributed by atoms with van der Waals surface area (Å²) in [5, 5.41) is 5.78. The number of benzene rings is 2. The molecule has 1 heterocycles. The van der Waals surface area contributed by atoms with Gasteiger partial charge < -0.3 is 15.4 Å². The molecule has 2 amide bonds. The highest BCUT2D eigenvalue weighted by Gasteiger charge is 2.18. The van der Waals surface area contributed by atoms with Crippen LogP contribution in [-0.2, 0) is 16.0 Å². The minimum absolute atomic E-state index is 0.110. The zero-order chi connectivity index (χ0) is 19.8. The molecule has 146 valence electrons. The van der Waals surface area contributed by atoms with Crippen molar-refractivity contribution in [3.63, 3.8) is 0 Å². The number of hydrogen-bond donors (Lipinski definition) is 2. The van der Waals surface area contributed by atoms with Crippen molar-refractivity contribution < 1.29 is 14.3 Å². The Kier molecular flexibility index (Phi) is 7.14. The molecule has 2 aromatic rings. The first-order chi connectivity index (χ1) is 13.6. The van der Waals surface area contributed by atoms with Gasteiger partial charge in [0.1, 0.15) is 10.7 Å². The van der Waals surface area contributed by atoms with Crippen LogP contribution in [0.5, 0.6) is 0 Å². The van der Waals surface area contributed by atoms with Crippen LogP contribution in [0.2, 0.25) is 0 Å². The quantitative estimate of drug-likeness (QED) is 0.695. The second-order valence-electron chi connectivity index (χ2n) is 6.46. The van der Waals surface area contributed by atoms with Crippen molar-refractivity contribution in [3.8, 4) is 0 Å². The largest absolute Gasteiger partial charge is 0.496 e. The predicted octanol–water partition coefficient (Wildman–Crippen LogP) is 3.98. The number of rotatable bonds is 7. The number of hydrogen-bond acceptors (Lipinski definition) is 4. The lowest BCUT2D eigenvalue weighted by molar-refractivity contribution is -0.112. The second-order valence-corrected chi connectivity index (χ2v) is 7.56. The number of allylic oxidation sites excluding steroid dienone is 1. The highest BCUT2D eigenvalue weighted by molar-refractivity contribution is 8.04. The maximum atomic E-state index is 12.3. The Bertz CT molecular complexity index is 848. The van der Waals surface area contributed by atoms with Crippen LogP contribution < -0.4 is 10.6 Å². The van der Waals surface area contributed by atoms with Gasteiger partial charge in [0.15, 0.2) is 0 Å². The maximum Gasteiger partial charge on any atom is 0.265 e. The summed E-state index contributed by atoms with van der Waals surface area (Å²) in [7, 11) is 0. The van der Waals surface area contributed by atoms with Gasteiger partial charge in [0.25, 0.3) is 11.8 Å². The van der Waals surface area contributed by atoms with Crippen molar-refractivity contribution in [2.24, 2.45) is 0 Å². The van der Waals surface area contributed by atoms with E-state index in [9.17, 15) is 9.59 Å². The van der Waals surface area contributed by atoms with Crippen LogP contribution in [0.25, 0.3) is 0 Å². The number of aryl methyl sites for hydroxylation is 1. The van der Waals surface area contributed by atoms with E-state index in [0.29, 0.717) is 35.1 Å². The van der Waals surface area contributed by atoms with E-state index in [2.05, 4.69) is 22.8 Å². The lowest BCUT2D eigenvalue weighted by Gasteiger charge is -2.17. The third-order valence-corrected chi connectivity index (χ3v) is 5.48. The average Bonchev–Trinajstić information content (AvgIpc) is 2.72. The maximum absolute atomic E-state index is 12.3. The molecule has 0 unspecified atom stereocenters. The Labute approximate surface area is 169 Å². The standard InChI is InChI=1S/C22H24N2O3S/c1-16-20(28-15-14-27-16)22(26)24-19-11-9-18(10-12-19)21(25)23-13-5-8-17-6-3-2-4-7-17/h2-4,6-7,9-12H,5,8,13-15H2,1H3,(H,23,25)(H,24,26). The zero-order valence-corrected chi connectivity index (χ0v) is 16.7. The summed E-state index contributed by atoms with van der Waals surface area (Å²) >= 11 is 1.49. The smallest absolute Gasteiger partial charge is 0.265 e. The fourth-order valence-electron chi connectivity index (χ4n) is 2.87. The van der Waals surface area contributed by atoms with E-state index in [4.69, 9.17) is 4.74 Å². The number of nitrogens with one attached hydrogen (secondary N) is 2. The molecule has 0 bridgehead atoms. The van der Waals surface area contributed by atoms with Crippen LogP contribution >= 0.6 is 11.8 Å². The van der Waals surface area contributed by atoms with E-state index in [0.717, 1.165) is 18.6 Å². The van der Waals surface area contributed by atoms with Crippen LogP contribution in [0.3, 0.4) is 0 Å². The Morgan fingerprint density at radius 2 is 1.79 bits per heavy atom. The summed E-state index contributed by atoms with van der Waals surface area (Å²) in [6.45, 7) is 3.05. The first-order valence-electron chi connectivity index (χ1n) is 9.33. The topological polar surface area (TPSA) is 67.4 Å². The molecule has 5 nitrogen and oxygen atoms in total. The number of thioether (sulfide) groups is 1. The van der Waals surface area contributed by atoms with Crippen LogP contribution in [0.4, 0.5) is 5.69 Å². The van der Waals surface area contributed by atoms with Crippen LogP contribution in [-0.4, -0.2) is 30.7 Å². The summed E-state index contributed by atoms with van der Waals surface area (Å²) in [4.78, 5) is 25.2. The average molecular weight is 397 g/mol. The number of ether oxygens (including phenoxy) is 1. The normalized spacial score (nSPS) is 13.6. The molecule has 2 aromatic carbocycles. The molecule has 0 atom stereocenters. The monoisotopic (exact) mass is 396 g/mol. The van der Waals surface area contributed by atoms with Gasteiger partial charge >= 0.3 is 0 Å². The van der Waals surface area contributed by atoms with Gasteiger partial charge in [-0.2, -0.15) is 0 Å². The molecule has 0 spiro atoms. The van der Waals surface area contributed by atoms with Gasteiger partial charge in [-0.1, -0.05) is 30.3 Å². The third-order valence-electron chi connectivity index (χ3n) is 4.35. The Morgan fingerprint density at radius 3 is 2.50 bits per heavy atom. The molecule has 28 heavy (non-hydrogen) atoms.